The fourth-order valence-corrected chi connectivity index (χ4v) is 4.19. The fraction of sp³-hybridized carbons (Fsp3) is 0.556. The molecule has 3 fully saturated rings. The van der Waals surface area contributed by atoms with Gasteiger partial charge < -0.3 is 9.64 Å². The molecule has 5 nitrogen and oxygen atoms in total. The number of rotatable bonds is 2. The molecule has 1 saturated carbocycles. The number of carbonyl (C=O) groups excluding carboxylic acids is 2. The number of amides is 2. The molecule has 0 N–H and O–H groups in total. The number of ether oxygens (including phenoxy) is 1. The standard InChI is InChI=1S/C18H22N2O3/c21-17(19-11-14-4-1-2-5-15(14)12-19)13-6-3-7-16(10-13)20-8-9-23-18(20)22/h3,6-7,10,14-15H,1-2,4-5,8-9,11-12H2/t14-,15+. The maximum absolute atomic E-state index is 12.8. The van der Waals surface area contributed by atoms with Gasteiger partial charge in [-0.2, -0.15) is 0 Å². The Morgan fingerprint density at radius 2 is 1.87 bits per heavy atom. The lowest BCUT2D eigenvalue weighted by atomic mass is 9.82. The first kappa shape index (κ1) is 14.5. The van der Waals surface area contributed by atoms with Crippen molar-refractivity contribution in [3.8, 4) is 0 Å². The minimum atomic E-state index is -0.332. The third kappa shape index (κ3) is 2.69. The normalized spacial score (nSPS) is 27.0. The van der Waals surface area contributed by atoms with Crippen molar-refractivity contribution in [2.45, 2.75) is 25.7 Å². The van der Waals surface area contributed by atoms with E-state index in [0.29, 0.717) is 30.6 Å². The average molecular weight is 314 g/mol. The zero-order chi connectivity index (χ0) is 15.8. The van der Waals surface area contributed by atoms with E-state index in [4.69, 9.17) is 4.74 Å². The van der Waals surface area contributed by atoms with Gasteiger partial charge in [0.2, 0.25) is 0 Å². The molecule has 2 saturated heterocycles. The molecule has 2 aliphatic heterocycles. The molecule has 1 aromatic carbocycles. The predicted molar refractivity (Wildman–Crippen MR) is 86.5 cm³/mol. The van der Waals surface area contributed by atoms with Gasteiger partial charge in [-0.05, 0) is 42.9 Å². The van der Waals surface area contributed by atoms with Crippen LogP contribution in [0.15, 0.2) is 24.3 Å². The topological polar surface area (TPSA) is 49.9 Å². The van der Waals surface area contributed by atoms with E-state index in [9.17, 15) is 9.59 Å². The van der Waals surface area contributed by atoms with E-state index in [-0.39, 0.29) is 12.0 Å². The molecule has 2 heterocycles. The molecule has 3 aliphatic rings. The largest absolute Gasteiger partial charge is 0.447 e. The van der Waals surface area contributed by atoms with Crippen LogP contribution in [0.5, 0.6) is 0 Å². The van der Waals surface area contributed by atoms with E-state index in [1.807, 2.05) is 29.2 Å². The third-order valence-corrected chi connectivity index (χ3v) is 5.43. The summed E-state index contributed by atoms with van der Waals surface area (Å²) in [6.45, 7) is 2.73. The van der Waals surface area contributed by atoms with Crippen LogP contribution < -0.4 is 4.90 Å². The zero-order valence-corrected chi connectivity index (χ0v) is 13.2. The number of anilines is 1. The van der Waals surface area contributed by atoms with Crippen LogP contribution in [0.4, 0.5) is 10.5 Å². The maximum atomic E-state index is 12.8. The highest BCUT2D eigenvalue weighted by Crippen LogP contribution is 2.36. The molecule has 2 amide bonds. The SMILES string of the molecule is O=C(c1cccc(N2CCOC2=O)c1)N1C[C@H]2CCCC[C@H]2C1. The second-order valence-corrected chi connectivity index (χ2v) is 6.83. The molecular formula is C18H22N2O3. The minimum absolute atomic E-state index is 0.0915. The molecule has 122 valence electrons. The number of likely N-dealkylation sites (tertiary alicyclic amines) is 1. The number of fused-ring (bicyclic) bond motifs is 1. The summed E-state index contributed by atoms with van der Waals surface area (Å²) in [6, 6.07) is 7.36. The predicted octanol–water partition coefficient (Wildman–Crippen LogP) is 2.91. The van der Waals surface area contributed by atoms with Crippen molar-refractivity contribution in [2.75, 3.05) is 31.1 Å². The van der Waals surface area contributed by atoms with Crippen LogP contribution in [-0.4, -0.2) is 43.1 Å². The van der Waals surface area contributed by atoms with E-state index in [1.54, 1.807) is 4.90 Å². The van der Waals surface area contributed by atoms with Gasteiger partial charge >= 0.3 is 6.09 Å². The highest BCUT2D eigenvalue weighted by atomic mass is 16.6. The van der Waals surface area contributed by atoms with Crippen molar-refractivity contribution < 1.29 is 14.3 Å². The molecule has 0 aromatic heterocycles. The molecule has 0 bridgehead atoms. The van der Waals surface area contributed by atoms with E-state index in [1.165, 1.54) is 25.7 Å². The van der Waals surface area contributed by atoms with Crippen LogP contribution in [0.3, 0.4) is 0 Å². The number of nitrogens with zero attached hydrogens (tertiary/aromatic N) is 2. The van der Waals surface area contributed by atoms with Crippen LogP contribution in [0, 0.1) is 11.8 Å². The molecule has 1 aromatic rings. The molecule has 0 unspecified atom stereocenters. The van der Waals surface area contributed by atoms with Crippen molar-refractivity contribution in [3.63, 3.8) is 0 Å². The van der Waals surface area contributed by atoms with Crippen LogP contribution in [0.25, 0.3) is 0 Å². The summed E-state index contributed by atoms with van der Waals surface area (Å²) in [6.07, 6.45) is 4.79. The monoisotopic (exact) mass is 314 g/mol. The van der Waals surface area contributed by atoms with E-state index >= 15 is 0 Å². The Balaban J connectivity index is 1.51. The Kier molecular flexibility index (Phi) is 3.71. The average Bonchev–Trinajstić information content (AvgIpc) is 3.20. The van der Waals surface area contributed by atoms with Crippen molar-refractivity contribution in [1.82, 2.24) is 4.90 Å². The smallest absolute Gasteiger partial charge is 0.414 e. The van der Waals surface area contributed by atoms with Gasteiger partial charge in [0, 0.05) is 24.3 Å². The molecule has 0 spiro atoms. The number of benzene rings is 1. The molecule has 2 atom stereocenters. The summed E-state index contributed by atoms with van der Waals surface area (Å²) in [7, 11) is 0. The number of cyclic esters (lactones) is 1. The first-order valence-corrected chi connectivity index (χ1v) is 8.56. The van der Waals surface area contributed by atoms with E-state index < -0.39 is 0 Å². The van der Waals surface area contributed by atoms with Gasteiger partial charge in [-0.3, -0.25) is 9.69 Å². The van der Waals surface area contributed by atoms with E-state index in [2.05, 4.69) is 0 Å². The molecular weight excluding hydrogens is 292 g/mol. The van der Waals surface area contributed by atoms with Crippen LogP contribution in [-0.2, 0) is 4.74 Å². The lowest BCUT2D eigenvalue weighted by Gasteiger charge is -2.22. The van der Waals surface area contributed by atoms with Crippen molar-refractivity contribution in [3.05, 3.63) is 29.8 Å². The minimum Gasteiger partial charge on any atom is -0.447 e. The summed E-state index contributed by atoms with van der Waals surface area (Å²) < 4.78 is 4.98. The lowest BCUT2D eigenvalue weighted by Crippen LogP contribution is -2.29. The number of hydrogen-bond acceptors (Lipinski definition) is 3. The van der Waals surface area contributed by atoms with Crippen molar-refractivity contribution in [1.29, 1.82) is 0 Å². The first-order valence-electron chi connectivity index (χ1n) is 8.56. The lowest BCUT2D eigenvalue weighted by molar-refractivity contribution is 0.0784. The Bertz CT molecular complexity index is 616. The quantitative estimate of drug-likeness (QED) is 0.843. The molecule has 1 aliphatic carbocycles. The Morgan fingerprint density at radius 1 is 1.13 bits per heavy atom. The van der Waals surface area contributed by atoms with Crippen LogP contribution >= 0.6 is 0 Å². The van der Waals surface area contributed by atoms with Gasteiger partial charge in [0.1, 0.15) is 6.61 Å². The highest BCUT2D eigenvalue weighted by molar-refractivity contribution is 5.97. The second kappa shape index (κ2) is 5.87. The zero-order valence-electron chi connectivity index (χ0n) is 13.2. The van der Waals surface area contributed by atoms with Crippen LogP contribution in [0.2, 0.25) is 0 Å². The van der Waals surface area contributed by atoms with Gasteiger partial charge in [0.05, 0.1) is 6.54 Å². The Hall–Kier alpha value is -2.04. The summed E-state index contributed by atoms with van der Waals surface area (Å²) in [5, 5.41) is 0. The summed E-state index contributed by atoms with van der Waals surface area (Å²) in [4.78, 5) is 28.1. The summed E-state index contributed by atoms with van der Waals surface area (Å²) in [5.74, 6) is 1.46. The van der Waals surface area contributed by atoms with Crippen molar-refractivity contribution in [2.24, 2.45) is 11.8 Å². The van der Waals surface area contributed by atoms with Gasteiger partial charge in [-0.25, -0.2) is 4.79 Å². The first-order chi connectivity index (χ1) is 11.2. The second-order valence-electron chi connectivity index (χ2n) is 6.83. The molecule has 23 heavy (non-hydrogen) atoms. The number of carbonyl (C=O) groups is 2. The van der Waals surface area contributed by atoms with Gasteiger partial charge in [-0.15, -0.1) is 0 Å². The maximum Gasteiger partial charge on any atom is 0.414 e. The highest BCUT2D eigenvalue weighted by Gasteiger charge is 2.36. The Labute approximate surface area is 136 Å². The summed E-state index contributed by atoms with van der Waals surface area (Å²) in [5.41, 5.74) is 1.41. The van der Waals surface area contributed by atoms with Gasteiger partial charge in [-0.1, -0.05) is 18.9 Å². The molecule has 5 heteroatoms. The van der Waals surface area contributed by atoms with E-state index in [0.717, 1.165) is 18.8 Å². The van der Waals surface area contributed by atoms with Crippen LogP contribution in [0.1, 0.15) is 36.0 Å². The fourth-order valence-electron chi connectivity index (χ4n) is 4.19. The molecule has 0 radical (unpaired) electrons. The third-order valence-electron chi connectivity index (χ3n) is 5.43. The Morgan fingerprint density at radius 3 is 2.52 bits per heavy atom. The van der Waals surface area contributed by atoms with Crippen molar-refractivity contribution >= 4 is 17.7 Å². The molecule has 4 rings (SSSR count). The summed E-state index contributed by atoms with van der Waals surface area (Å²) >= 11 is 0. The van der Waals surface area contributed by atoms with Gasteiger partial charge in [0.25, 0.3) is 5.91 Å². The van der Waals surface area contributed by atoms with Gasteiger partial charge in [0.15, 0.2) is 0 Å². The number of hydrogen-bond donors (Lipinski definition) is 0.